The predicted molar refractivity (Wildman–Crippen MR) is 83.6 cm³/mol. The fraction of sp³-hybridized carbons (Fsp3) is 0.133. The molecule has 3 rings (SSSR count). The molecule has 23 heavy (non-hydrogen) atoms. The first-order valence-electron chi connectivity index (χ1n) is 6.80. The molecule has 2 heterocycles. The highest BCUT2D eigenvalue weighted by molar-refractivity contribution is 5.75. The molecule has 0 aliphatic carbocycles. The van der Waals surface area contributed by atoms with Crippen molar-refractivity contribution in [3.63, 3.8) is 0 Å². The number of nitrogens with one attached hydrogen (secondary N) is 1. The summed E-state index contributed by atoms with van der Waals surface area (Å²) in [6.45, 7) is 0.390. The quantitative estimate of drug-likeness (QED) is 0.585. The van der Waals surface area contributed by atoms with Crippen LogP contribution < -0.4 is 5.32 Å². The zero-order valence-electron chi connectivity index (χ0n) is 12.2. The van der Waals surface area contributed by atoms with Gasteiger partial charge in [0.2, 0.25) is 5.69 Å². The summed E-state index contributed by atoms with van der Waals surface area (Å²) in [5.74, 6) is 1.18. The van der Waals surface area contributed by atoms with Crippen molar-refractivity contribution in [2.45, 2.75) is 6.54 Å². The number of nitro groups is 1. The number of hydrogen-bond acceptors (Lipinski definition) is 6. The second-order valence-electron chi connectivity index (χ2n) is 4.86. The van der Waals surface area contributed by atoms with E-state index in [2.05, 4.69) is 15.3 Å². The van der Waals surface area contributed by atoms with E-state index in [9.17, 15) is 10.1 Å². The first-order valence-corrected chi connectivity index (χ1v) is 6.80. The molecule has 0 atom stereocenters. The summed E-state index contributed by atoms with van der Waals surface area (Å²) in [7, 11) is 1.91. The first kappa shape index (κ1) is 14.5. The number of aromatic nitrogens is 3. The number of aryl methyl sites for hydroxylation is 1. The van der Waals surface area contributed by atoms with E-state index in [4.69, 9.17) is 5.26 Å². The summed E-state index contributed by atoms with van der Waals surface area (Å²) >= 11 is 0. The number of fused-ring (bicyclic) bond motifs is 1. The van der Waals surface area contributed by atoms with Crippen molar-refractivity contribution >= 4 is 22.5 Å². The molecule has 8 heteroatoms. The molecular formula is C15H12N6O2. The van der Waals surface area contributed by atoms with Crippen LogP contribution in [0.2, 0.25) is 0 Å². The average molecular weight is 308 g/mol. The van der Waals surface area contributed by atoms with Gasteiger partial charge in [0.15, 0.2) is 0 Å². The van der Waals surface area contributed by atoms with E-state index < -0.39 is 4.92 Å². The van der Waals surface area contributed by atoms with Crippen LogP contribution in [0.25, 0.3) is 11.0 Å². The summed E-state index contributed by atoms with van der Waals surface area (Å²) < 4.78 is 1.96. The minimum absolute atomic E-state index is 0.218. The number of imidazole rings is 1. The van der Waals surface area contributed by atoms with Crippen molar-refractivity contribution in [2.24, 2.45) is 7.05 Å². The van der Waals surface area contributed by atoms with Crippen LogP contribution in [0.4, 0.5) is 11.5 Å². The number of pyridine rings is 1. The van der Waals surface area contributed by atoms with E-state index in [0.717, 1.165) is 16.9 Å². The van der Waals surface area contributed by atoms with Crippen LogP contribution in [-0.2, 0) is 13.6 Å². The lowest BCUT2D eigenvalue weighted by molar-refractivity contribution is -0.385. The fourth-order valence-electron chi connectivity index (χ4n) is 2.30. The molecule has 2 aromatic heterocycles. The standard InChI is InChI=1S/C15H12N6O2/c1-20-12-5-3-2-4-10(12)19-15(20)9-17-14-7-6-13(21(22)23)11(8-16)18-14/h2-7H,9H2,1H3,(H,17,18). The second kappa shape index (κ2) is 5.73. The molecule has 0 fully saturated rings. The Morgan fingerprint density at radius 1 is 1.30 bits per heavy atom. The van der Waals surface area contributed by atoms with Gasteiger partial charge in [-0.1, -0.05) is 12.1 Å². The number of para-hydroxylation sites is 2. The largest absolute Gasteiger partial charge is 0.363 e. The van der Waals surface area contributed by atoms with E-state index >= 15 is 0 Å². The third kappa shape index (κ3) is 2.67. The Bertz CT molecular complexity index is 941. The van der Waals surface area contributed by atoms with E-state index in [1.807, 2.05) is 35.9 Å². The fourth-order valence-corrected chi connectivity index (χ4v) is 2.30. The maximum Gasteiger partial charge on any atom is 0.305 e. The topological polar surface area (TPSA) is 110 Å². The van der Waals surface area contributed by atoms with Gasteiger partial charge < -0.3 is 9.88 Å². The van der Waals surface area contributed by atoms with Crippen LogP contribution in [0.1, 0.15) is 11.5 Å². The molecule has 3 aromatic rings. The van der Waals surface area contributed by atoms with Crippen LogP contribution >= 0.6 is 0 Å². The Hall–Kier alpha value is -3.47. The zero-order chi connectivity index (χ0) is 16.4. The summed E-state index contributed by atoms with van der Waals surface area (Å²) in [5, 5.41) is 22.8. The summed E-state index contributed by atoms with van der Waals surface area (Å²) in [4.78, 5) is 18.6. The summed E-state index contributed by atoms with van der Waals surface area (Å²) in [6.07, 6.45) is 0. The monoisotopic (exact) mass is 308 g/mol. The Morgan fingerprint density at radius 2 is 2.09 bits per heavy atom. The average Bonchev–Trinajstić information content (AvgIpc) is 2.89. The first-order chi connectivity index (χ1) is 11.1. The normalized spacial score (nSPS) is 10.4. The molecule has 0 bridgehead atoms. The van der Waals surface area contributed by atoms with Crippen molar-refractivity contribution in [1.29, 1.82) is 5.26 Å². The van der Waals surface area contributed by atoms with Gasteiger partial charge in [-0.3, -0.25) is 10.1 Å². The van der Waals surface area contributed by atoms with Gasteiger partial charge >= 0.3 is 5.69 Å². The lowest BCUT2D eigenvalue weighted by Gasteiger charge is -2.06. The van der Waals surface area contributed by atoms with E-state index in [1.54, 1.807) is 6.07 Å². The molecule has 0 saturated carbocycles. The van der Waals surface area contributed by atoms with Gasteiger partial charge in [0.25, 0.3) is 0 Å². The van der Waals surface area contributed by atoms with Gasteiger partial charge in [0, 0.05) is 13.1 Å². The Morgan fingerprint density at radius 3 is 2.78 bits per heavy atom. The van der Waals surface area contributed by atoms with E-state index in [0.29, 0.717) is 12.4 Å². The minimum atomic E-state index is -0.624. The molecule has 0 spiro atoms. The molecule has 0 unspecified atom stereocenters. The third-order valence-electron chi connectivity index (χ3n) is 3.48. The molecule has 0 aliphatic heterocycles. The van der Waals surface area contributed by atoms with Gasteiger partial charge in [-0.05, 0) is 18.2 Å². The highest BCUT2D eigenvalue weighted by Gasteiger charge is 2.15. The number of rotatable bonds is 4. The van der Waals surface area contributed by atoms with Crippen LogP contribution in [0, 0.1) is 21.4 Å². The van der Waals surface area contributed by atoms with Gasteiger partial charge in [0.1, 0.15) is 17.7 Å². The van der Waals surface area contributed by atoms with E-state index in [1.165, 1.54) is 12.1 Å². The third-order valence-corrected chi connectivity index (χ3v) is 3.48. The van der Waals surface area contributed by atoms with Crippen LogP contribution in [0.15, 0.2) is 36.4 Å². The van der Waals surface area contributed by atoms with Crippen molar-refractivity contribution < 1.29 is 4.92 Å². The molecular weight excluding hydrogens is 296 g/mol. The van der Waals surface area contributed by atoms with Crippen molar-refractivity contribution in [2.75, 3.05) is 5.32 Å². The smallest absolute Gasteiger partial charge is 0.305 e. The zero-order valence-corrected chi connectivity index (χ0v) is 12.2. The van der Waals surface area contributed by atoms with Crippen LogP contribution in [0.3, 0.4) is 0 Å². The molecule has 1 N–H and O–H groups in total. The number of hydrogen-bond donors (Lipinski definition) is 1. The molecule has 0 amide bonds. The number of anilines is 1. The van der Waals surface area contributed by atoms with Crippen molar-refractivity contribution in [3.8, 4) is 6.07 Å². The SMILES string of the molecule is Cn1c(CNc2ccc([N+](=O)[O-])c(C#N)n2)nc2ccccc21. The molecule has 114 valence electrons. The molecule has 8 nitrogen and oxygen atoms in total. The molecule has 1 aromatic carbocycles. The highest BCUT2D eigenvalue weighted by Crippen LogP contribution is 2.19. The van der Waals surface area contributed by atoms with Gasteiger partial charge in [-0.15, -0.1) is 0 Å². The van der Waals surface area contributed by atoms with Crippen molar-refractivity contribution in [3.05, 3.63) is 58.0 Å². The Balaban J connectivity index is 1.84. The van der Waals surface area contributed by atoms with Crippen LogP contribution in [0.5, 0.6) is 0 Å². The Kier molecular flexibility index (Phi) is 3.60. The number of nitriles is 1. The minimum Gasteiger partial charge on any atom is -0.363 e. The maximum absolute atomic E-state index is 10.8. The maximum atomic E-state index is 10.8. The second-order valence-corrected chi connectivity index (χ2v) is 4.86. The lowest BCUT2D eigenvalue weighted by Crippen LogP contribution is -2.08. The number of benzene rings is 1. The van der Waals surface area contributed by atoms with Gasteiger partial charge in [0.05, 0.1) is 22.5 Å². The number of nitrogens with zero attached hydrogens (tertiary/aromatic N) is 5. The van der Waals surface area contributed by atoms with E-state index in [-0.39, 0.29) is 11.4 Å². The predicted octanol–water partition coefficient (Wildman–Crippen LogP) is 2.36. The Labute approximate surface area is 131 Å². The lowest BCUT2D eigenvalue weighted by atomic mass is 10.3. The highest BCUT2D eigenvalue weighted by atomic mass is 16.6. The van der Waals surface area contributed by atoms with Gasteiger partial charge in [-0.2, -0.15) is 5.26 Å². The summed E-state index contributed by atoms with van der Waals surface area (Å²) in [6, 6.07) is 12.2. The summed E-state index contributed by atoms with van der Waals surface area (Å²) in [5.41, 5.74) is 1.38. The van der Waals surface area contributed by atoms with Gasteiger partial charge in [-0.25, -0.2) is 9.97 Å². The molecule has 0 aliphatic rings. The molecule has 0 saturated heterocycles. The van der Waals surface area contributed by atoms with Crippen molar-refractivity contribution in [1.82, 2.24) is 14.5 Å². The van der Waals surface area contributed by atoms with Crippen LogP contribution in [-0.4, -0.2) is 19.5 Å². The molecule has 0 radical (unpaired) electrons.